The summed E-state index contributed by atoms with van der Waals surface area (Å²) in [7, 11) is 0. The fraction of sp³-hybridized carbons (Fsp3) is 0.529. The number of hydrogen-bond acceptors (Lipinski definition) is 5. The van der Waals surface area contributed by atoms with Crippen LogP contribution >= 0.6 is 0 Å². The minimum atomic E-state index is -1.65. The molecule has 0 unspecified atom stereocenters. The molecule has 1 fully saturated rings. The molecule has 0 saturated heterocycles. The van der Waals surface area contributed by atoms with Crippen LogP contribution in [-0.2, 0) is 24.4 Å². The Morgan fingerprint density at radius 2 is 2.16 bits per heavy atom. The quantitative estimate of drug-likeness (QED) is 0.917. The number of carbonyl (C=O) groups is 1. The monoisotopic (exact) mass is 344 g/mol. The van der Waals surface area contributed by atoms with Crippen LogP contribution in [0.2, 0.25) is 0 Å². The number of anilines is 1. The molecular formula is C17H21FN6O. The van der Waals surface area contributed by atoms with Crippen LogP contribution in [0.3, 0.4) is 0 Å². The normalized spacial score (nSPS) is 18.8. The molecule has 1 aliphatic heterocycles. The van der Waals surface area contributed by atoms with Crippen LogP contribution in [0.4, 0.5) is 10.1 Å². The van der Waals surface area contributed by atoms with Gasteiger partial charge >= 0.3 is 0 Å². The number of nitrogens with one attached hydrogen (secondary N) is 1. The molecule has 25 heavy (non-hydrogen) atoms. The number of halogens is 1. The maximum absolute atomic E-state index is 14.5. The van der Waals surface area contributed by atoms with E-state index in [0.717, 1.165) is 36.7 Å². The van der Waals surface area contributed by atoms with Crippen molar-refractivity contribution in [3.8, 4) is 0 Å². The molecule has 1 amide bonds. The third-order valence-corrected chi connectivity index (χ3v) is 4.97. The Labute approximate surface area is 145 Å². The molecule has 0 radical (unpaired) electrons. The summed E-state index contributed by atoms with van der Waals surface area (Å²) >= 11 is 0. The van der Waals surface area contributed by atoms with E-state index < -0.39 is 5.67 Å². The van der Waals surface area contributed by atoms with Gasteiger partial charge in [0, 0.05) is 25.5 Å². The number of nitrogens with zero attached hydrogens (tertiary/aromatic N) is 5. The minimum absolute atomic E-state index is 0.324. The molecule has 1 N–H and O–H groups in total. The number of hydrogen-bond donors (Lipinski definition) is 1. The van der Waals surface area contributed by atoms with Crippen molar-refractivity contribution in [1.29, 1.82) is 0 Å². The predicted molar refractivity (Wildman–Crippen MR) is 89.3 cm³/mol. The zero-order valence-electron chi connectivity index (χ0n) is 14.0. The van der Waals surface area contributed by atoms with Gasteiger partial charge in [0.05, 0.1) is 18.8 Å². The second-order valence-electron chi connectivity index (χ2n) is 6.68. The maximum Gasteiger partial charge on any atom is 0.260 e. The first-order chi connectivity index (χ1) is 12.2. The zero-order valence-corrected chi connectivity index (χ0v) is 14.0. The largest absolute Gasteiger partial charge is 0.376 e. The summed E-state index contributed by atoms with van der Waals surface area (Å²) in [5.74, 6) is 1.15. The summed E-state index contributed by atoms with van der Waals surface area (Å²) < 4.78 is 16.5. The van der Waals surface area contributed by atoms with E-state index in [-0.39, 0.29) is 5.91 Å². The number of fused-ring (bicyclic) bond motifs is 1. The maximum atomic E-state index is 14.5. The molecule has 0 atom stereocenters. The van der Waals surface area contributed by atoms with Gasteiger partial charge < -0.3 is 14.8 Å². The van der Waals surface area contributed by atoms with E-state index >= 15 is 0 Å². The lowest BCUT2D eigenvalue weighted by atomic mass is 9.81. The van der Waals surface area contributed by atoms with Crippen LogP contribution in [0.15, 0.2) is 24.5 Å². The first kappa shape index (κ1) is 16.0. The number of amides is 1. The Morgan fingerprint density at radius 1 is 1.28 bits per heavy atom. The smallest absolute Gasteiger partial charge is 0.260 e. The van der Waals surface area contributed by atoms with E-state index in [1.807, 2.05) is 16.7 Å². The molecule has 0 aromatic carbocycles. The van der Waals surface area contributed by atoms with Gasteiger partial charge in [0.2, 0.25) is 0 Å². The van der Waals surface area contributed by atoms with E-state index in [2.05, 4.69) is 20.5 Å². The van der Waals surface area contributed by atoms with Crippen LogP contribution in [0.25, 0.3) is 0 Å². The van der Waals surface area contributed by atoms with Crippen LogP contribution in [-0.4, -0.2) is 42.8 Å². The topological polar surface area (TPSA) is 75.9 Å². The molecule has 4 rings (SSSR count). The predicted octanol–water partition coefficient (Wildman–Crippen LogP) is 1.91. The van der Waals surface area contributed by atoms with Gasteiger partial charge in [-0.25, -0.2) is 4.39 Å². The average Bonchev–Trinajstić information content (AvgIpc) is 2.86. The molecule has 2 aromatic heterocycles. The van der Waals surface area contributed by atoms with Crippen molar-refractivity contribution in [2.45, 2.75) is 51.0 Å². The Hall–Kier alpha value is -2.51. The molecule has 0 bridgehead atoms. The van der Waals surface area contributed by atoms with E-state index in [1.165, 1.54) is 0 Å². The van der Waals surface area contributed by atoms with Crippen molar-refractivity contribution in [3.63, 3.8) is 0 Å². The number of carbonyl (C=O) groups excluding carboxylic acids is 1. The van der Waals surface area contributed by atoms with Crippen LogP contribution in [0.5, 0.6) is 0 Å². The molecular weight excluding hydrogens is 323 g/mol. The highest BCUT2D eigenvalue weighted by Gasteiger charge is 2.47. The Balaban J connectivity index is 1.46. The van der Waals surface area contributed by atoms with Crippen molar-refractivity contribution >= 4 is 11.6 Å². The Morgan fingerprint density at radius 3 is 2.88 bits per heavy atom. The van der Waals surface area contributed by atoms with Gasteiger partial charge in [-0.05, 0) is 37.8 Å². The van der Waals surface area contributed by atoms with Gasteiger partial charge in [-0.15, -0.1) is 10.2 Å². The third-order valence-electron chi connectivity index (χ3n) is 4.97. The standard InChI is InChI=1S/C17H21FN6O/c18-17(5-2-6-17)16(25)23-8-3-9-24-14(21-22-15(24)12-23)11-20-13-4-1-7-19-10-13/h1,4,7,10,20H,2-3,5-6,8-9,11-12H2. The lowest BCUT2D eigenvalue weighted by Gasteiger charge is -2.36. The van der Waals surface area contributed by atoms with Crippen molar-refractivity contribution in [2.75, 3.05) is 11.9 Å². The van der Waals surface area contributed by atoms with Gasteiger partial charge in [0.15, 0.2) is 17.3 Å². The van der Waals surface area contributed by atoms with Gasteiger partial charge in [-0.3, -0.25) is 9.78 Å². The summed E-state index contributed by atoms with van der Waals surface area (Å²) in [6, 6.07) is 3.80. The fourth-order valence-corrected chi connectivity index (χ4v) is 3.35. The van der Waals surface area contributed by atoms with E-state index in [4.69, 9.17) is 0 Å². The number of alkyl halides is 1. The highest BCUT2D eigenvalue weighted by molar-refractivity contribution is 5.86. The Bertz CT molecular complexity index is 758. The number of pyridine rings is 1. The minimum Gasteiger partial charge on any atom is -0.376 e. The van der Waals surface area contributed by atoms with Crippen molar-refractivity contribution in [3.05, 3.63) is 36.2 Å². The summed E-state index contributed by atoms with van der Waals surface area (Å²) in [6.45, 7) is 2.14. The first-order valence-electron chi connectivity index (χ1n) is 8.69. The first-order valence-corrected chi connectivity index (χ1v) is 8.69. The number of rotatable bonds is 4. The third kappa shape index (κ3) is 3.08. The Kier molecular flexibility index (Phi) is 4.10. The van der Waals surface area contributed by atoms with E-state index in [1.54, 1.807) is 17.3 Å². The average molecular weight is 344 g/mol. The van der Waals surface area contributed by atoms with Gasteiger partial charge in [-0.1, -0.05) is 0 Å². The molecule has 1 saturated carbocycles. The second kappa shape index (κ2) is 6.42. The molecule has 8 heteroatoms. The molecule has 3 heterocycles. The van der Waals surface area contributed by atoms with Gasteiger partial charge in [0.1, 0.15) is 0 Å². The van der Waals surface area contributed by atoms with Gasteiger partial charge in [-0.2, -0.15) is 0 Å². The molecule has 1 aliphatic carbocycles. The van der Waals surface area contributed by atoms with Crippen molar-refractivity contribution < 1.29 is 9.18 Å². The van der Waals surface area contributed by atoms with Crippen LogP contribution in [0, 0.1) is 0 Å². The van der Waals surface area contributed by atoms with Crippen molar-refractivity contribution in [2.24, 2.45) is 0 Å². The summed E-state index contributed by atoms with van der Waals surface area (Å²) in [6.07, 6.45) is 5.72. The van der Waals surface area contributed by atoms with Gasteiger partial charge in [0.25, 0.3) is 5.91 Å². The zero-order chi connectivity index (χ0) is 17.3. The molecule has 2 aliphatic rings. The lowest BCUT2D eigenvalue weighted by Crippen LogP contribution is -2.50. The highest BCUT2D eigenvalue weighted by Crippen LogP contribution is 2.38. The molecule has 132 valence electrons. The number of aromatic nitrogens is 4. The SMILES string of the molecule is O=C(N1CCCn2c(CNc3cccnc3)nnc2C1)C1(F)CCC1. The summed E-state index contributed by atoms with van der Waals surface area (Å²) in [4.78, 5) is 18.1. The fourth-order valence-electron chi connectivity index (χ4n) is 3.35. The van der Waals surface area contributed by atoms with Crippen LogP contribution < -0.4 is 5.32 Å². The van der Waals surface area contributed by atoms with E-state index in [9.17, 15) is 9.18 Å². The molecule has 7 nitrogen and oxygen atoms in total. The van der Waals surface area contributed by atoms with Crippen LogP contribution in [0.1, 0.15) is 37.3 Å². The molecule has 0 spiro atoms. The van der Waals surface area contributed by atoms with E-state index in [0.29, 0.717) is 32.5 Å². The summed E-state index contributed by atoms with van der Waals surface area (Å²) in [5.41, 5.74) is -0.741. The molecule has 2 aromatic rings. The summed E-state index contributed by atoms with van der Waals surface area (Å²) in [5, 5.41) is 11.7. The second-order valence-corrected chi connectivity index (χ2v) is 6.68. The highest BCUT2D eigenvalue weighted by atomic mass is 19.1. The lowest BCUT2D eigenvalue weighted by molar-refractivity contribution is -0.150. The van der Waals surface area contributed by atoms with Crippen molar-refractivity contribution in [1.82, 2.24) is 24.6 Å².